The quantitative estimate of drug-likeness (QED) is 0.717. The zero-order valence-electron chi connectivity index (χ0n) is 15.0. The highest BCUT2D eigenvalue weighted by molar-refractivity contribution is 5.37. The van der Waals surface area contributed by atoms with Crippen LogP contribution in [0.5, 0.6) is 0 Å². The lowest BCUT2D eigenvalue weighted by Gasteiger charge is -2.17. The molecule has 2 aromatic heterocycles. The second-order valence-electron chi connectivity index (χ2n) is 6.37. The molecular formula is C19H24N4O. The fourth-order valence-corrected chi connectivity index (χ4v) is 3.05. The van der Waals surface area contributed by atoms with Gasteiger partial charge in [0.25, 0.3) is 0 Å². The number of aryl methyl sites for hydroxylation is 3. The molecule has 0 saturated carbocycles. The van der Waals surface area contributed by atoms with Crippen molar-refractivity contribution >= 4 is 0 Å². The van der Waals surface area contributed by atoms with Crippen molar-refractivity contribution in [2.24, 2.45) is 0 Å². The minimum Gasteiger partial charge on any atom is -0.361 e. The molecule has 0 atom stereocenters. The molecule has 0 N–H and O–H groups in total. The Morgan fingerprint density at radius 3 is 2.25 bits per heavy atom. The SMILES string of the molecule is Cc1noc(C)c1CN(C)Cc1c(C)nn(-c2ccccc2)c1C. The van der Waals surface area contributed by atoms with Crippen molar-refractivity contribution in [2.75, 3.05) is 7.05 Å². The van der Waals surface area contributed by atoms with Gasteiger partial charge in [-0.1, -0.05) is 23.4 Å². The third-order valence-corrected chi connectivity index (χ3v) is 4.48. The van der Waals surface area contributed by atoms with Crippen LogP contribution in [0.25, 0.3) is 5.69 Å². The molecule has 0 bridgehead atoms. The van der Waals surface area contributed by atoms with Gasteiger partial charge in [0.2, 0.25) is 0 Å². The summed E-state index contributed by atoms with van der Waals surface area (Å²) in [7, 11) is 2.12. The predicted octanol–water partition coefficient (Wildman–Crippen LogP) is 3.73. The van der Waals surface area contributed by atoms with Gasteiger partial charge in [-0.05, 0) is 46.9 Å². The summed E-state index contributed by atoms with van der Waals surface area (Å²) in [5, 5.41) is 8.76. The molecule has 0 saturated heterocycles. The molecular weight excluding hydrogens is 300 g/mol. The van der Waals surface area contributed by atoms with Gasteiger partial charge in [-0.25, -0.2) is 4.68 Å². The summed E-state index contributed by atoms with van der Waals surface area (Å²) in [4.78, 5) is 2.28. The second-order valence-corrected chi connectivity index (χ2v) is 6.37. The van der Waals surface area contributed by atoms with Gasteiger partial charge in [-0.15, -0.1) is 0 Å². The molecule has 0 aliphatic rings. The molecule has 0 aliphatic carbocycles. The summed E-state index contributed by atoms with van der Waals surface area (Å²) in [6.07, 6.45) is 0. The first-order valence-electron chi connectivity index (χ1n) is 8.18. The summed E-state index contributed by atoms with van der Waals surface area (Å²) >= 11 is 0. The van der Waals surface area contributed by atoms with Gasteiger partial charge < -0.3 is 4.52 Å². The number of nitrogens with zero attached hydrogens (tertiary/aromatic N) is 4. The van der Waals surface area contributed by atoms with E-state index in [0.29, 0.717) is 0 Å². The average Bonchev–Trinajstić information content (AvgIpc) is 3.03. The van der Waals surface area contributed by atoms with E-state index in [4.69, 9.17) is 9.62 Å². The number of para-hydroxylation sites is 1. The largest absolute Gasteiger partial charge is 0.361 e. The first-order valence-corrected chi connectivity index (χ1v) is 8.18. The van der Waals surface area contributed by atoms with Crippen molar-refractivity contribution in [2.45, 2.75) is 40.8 Å². The molecule has 24 heavy (non-hydrogen) atoms. The van der Waals surface area contributed by atoms with Gasteiger partial charge >= 0.3 is 0 Å². The van der Waals surface area contributed by atoms with Crippen molar-refractivity contribution in [3.8, 4) is 5.69 Å². The van der Waals surface area contributed by atoms with E-state index in [1.807, 2.05) is 36.7 Å². The number of benzene rings is 1. The topological polar surface area (TPSA) is 47.1 Å². The lowest BCUT2D eigenvalue weighted by Crippen LogP contribution is -2.19. The molecule has 3 aromatic rings. The summed E-state index contributed by atoms with van der Waals surface area (Å²) < 4.78 is 7.28. The van der Waals surface area contributed by atoms with Crippen LogP contribution in [-0.4, -0.2) is 26.9 Å². The fourth-order valence-electron chi connectivity index (χ4n) is 3.05. The van der Waals surface area contributed by atoms with Crippen molar-refractivity contribution in [1.82, 2.24) is 19.8 Å². The van der Waals surface area contributed by atoms with E-state index in [1.54, 1.807) is 0 Å². The number of hydrogen-bond acceptors (Lipinski definition) is 4. The maximum atomic E-state index is 5.26. The van der Waals surface area contributed by atoms with E-state index >= 15 is 0 Å². The van der Waals surface area contributed by atoms with Crippen LogP contribution in [0.4, 0.5) is 0 Å². The molecule has 2 heterocycles. The highest BCUT2D eigenvalue weighted by Crippen LogP contribution is 2.21. The van der Waals surface area contributed by atoms with E-state index in [2.05, 4.69) is 43.1 Å². The summed E-state index contributed by atoms with van der Waals surface area (Å²) in [5.41, 5.74) is 6.76. The Labute approximate surface area is 142 Å². The maximum Gasteiger partial charge on any atom is 0.138 e. The Morgan fingerprint density at radius 2 is 1.62 bits per heavy atom. The Balaban J connectivity index is 1.82. The van der Waals surface area contributed by atoms with E-state index < -0.39 is 0 Å². The molecule has 0 unspecified atom stereocenters. The fraction of sp³-hybridized carbons (Fsp3) is 0.368. The Bertz CT molecular complexity index is 813. The molecule has 0 fully saturated rings. The Kier molecular flexibility index (Phi) is 4.53. The third kappa shape index (κ3) is 3.12. The van der Waals surface area contributed by atoms with Gasteiger partial charge in [0.1, 0.15) is 5.76 Å². The van der Waals surface area contributed by atoms with Crippen molar-refractivity contribution in [3.05, 3.63) is 64.3 Å². The van der Waals surface area contributed by atoms with Crippen molar-refractivity contribution in [3.63, 3.8) is 0 Å². The van der Waals surface area contributed by atoms with E-state index in [0.717, 1.165) is 35.9 Å². The Hall–Kier alpha value is -2.40. The molecule has 1 aromatic carbocycles. The zero-order valence-corrected chi connectivity index (χ0v) is 15.0. The first kappa shape index (κ1) is 16.5. The van der Waals surface area contributed by atoms with Gasteiger partial charge in [-0.2, -0.15) is 5.10 Å². The van der Waals surface area contributed by atoms with Crippen LogP contribution in [0.2, 0.25) is 0 Å². The van der Waals surface area contributed by atoms with Gasteiger partial charge in [-0.3, -0.25) is 4.90 Å². The summed E-state index contributed by atoms with van der Waals surface area (Å²) in [6.45, 7) is 9.82. The lowest BCUT2D eigenvalue weighted by molar-refractivity contribution is 0.313. The highest BCUT2D eigenvalue weighted by atomic mass is 16.5. The lowest BCUT2D eigenvalue weighted by atomic mass is 10.1. The van der Waals surface area contributed by atoms with Gasteiger partial charge in [0.05, 0.1) is 17.1 Å². The molecule has 0 radical (unpaired) electrons. The smallest absolute Gasteiger partial charge is 0.138 e. The van der Waals surface area contributed by atoms with Crippen LogP contribution in [0.1, 0.15) is 34.0 Å². The van der Waals surface area contributed by atoms with Crippen molar-refractivity contribution < 1.29 is 4.52 Å². The average molecular weight is 324 g/mol. The molecule has 0 spiro atoms. The summed E-state index contributed by atoms with van der Waals surface area (Å²) in [5.74, 6) is 0.896. The summed E-state index contributed by atoms with van der Waals surface area (Å²) in [6, 6.07) is 10.3. The molecule has 126 valence electrons. The van der Waals surface area contributed by atoms with E-state index in [9.17, 15) is 0 Å². The molecule has 5 heteroatoms. The van der Waals surface area contributed by atoms with Crippen LogP contribution in [0, 0.1) is 27.7 Å². The standard InChI is InChI=1S/C19H24N4O/c1-13-18(11-22(5)12-19-14(2)21-24-16(19)4)15(3)23(20-13)17-9-7-6-8-10-17/h6-10H,11-12H2,1-5H3. The second kappa shape index (κ2) is 6.61. The van der Waals surface area contributed by atoms with Crippen LogP contribution in [0.3, 0.4) is 0 Å². The Morgan fingerprint density at radius 1 is 0.958 bits per heavy atom. The maximum absolute atomic E-state index is 5.26. The minimum atomic E-state index is 0.816. The zero-order chi connectivity index (χ0) is 17.3. The normalized spacial score (nSPS) is 11.4. The van der Waals surface area contributed by atoms with Crippen LogP contribution >= 0.6 is 0 Å². The van der Waals surface area contributed by atoms with Crippen molar-refractivity contribution in [1.29, 1.82) is 0 Å². The van der Waals surface area contributed by atoms with Crippen LogP contribution < -0.4 is 0 Å². The minimum absolute atomic E-state index is 0.816. The number of rotatable bonds is 5. The first-order chi connectivity index (χ1) is 11.5. The highest BCUT2D eigenvalue weighted by Gasteiger charge is 2.16. The van der Waals surface area contributed by atoms with Gasteiger partial charge in [0.15, 0.2) is 0 Å². The molecule has 5 nitrogen and oxygen atoms in total. The van der Waals surface area contributed by atoms with Crippen LogP contribution in [0.15, 0.2) is 34.9 Å². The van der Waals surface area contributed by atoms with E-state index in [-0.39, 0.29) is 0 Å². The monoisotopic (exact) mass is 324 g/mol. The molecule has 0 aliphatic heterocycles. The number of aromatic nitrogens is 3. The molecule has 3 rings (SSSR count). The number of hydrogen-bond donors (Lipinski definition) is 0. The van der Waals surface area contributed by atoms with Gasteiger partial charge in [0, 0.05) is 29.9 Å². The van der Waals surface area contributed by atoms with E-state index in [1.165, 1.54) is 16.8 Å². The predicted molar refractivity (Wildman–Crippen MR) is 94.2 cm³/mol. The molecule has 0 amide bonds. The third-order valence-electron chi connectivity index (χ3n) is 4.48. The van der Waals surface area contributed by atoms with Crippen LogP contribution in [-0.2, 0) is 13.1 Å².